The van der Waals surface area contributed by atoms with Gasteiger partial charge >= 0.3 is 6.09 Å². The normalized spacial score (nSPS) is 12.7. The smallest absolute Gasteiger partial charge is 0.408 e. The molecule has 1 aromatic carbocycles. The monoisotopic (exact) mass is 287 g/mol. The Morgan fingerprint density at radius 3 is 2.57 bits per heavy atom. The standard InChI is InChI=1S/C16H21N3O2/c1-16(2,3)21-15(20)18-14(13-9-10-17-19-13)11-12-7-5-4-6-8-12/h4-10,14H,11H2,1-3H3,(H,17,19)(H,18,20)/t14-/m0/s1. The maximum atomic E-state index is 12.0. The minimum absolute atomic E-state index is 0.204. The summed E-state index contributed by atoms with van der Waals surface area (Å²) in [5.74, 6) is 0. The van der Waals surface area contributed by atoms with Crippen LogP contribution in [0.3, 0.4) is 0 Å². The van der Waals surface area contributed by atoms with Crippen LogP contribution in [0, 0.1) is 0 Å². The highest BCUT2D eigenvalue weighted by atomic mass is 16.6. The molecule has 0 aliphatic rings. The molecule has 1 aromatic heterocycles. The molecule has 0 aliphatic carbocycles. The van der Waals surface area contributed by atoms with Crippen molar-refractivity contribution >= 4 is 6.09 Å². The van der Waals surface area contributed by atoms with E-state index in [4.69, 9.17) is 4.74 Å². The molecule has 0 unspecified atom stereocenters. The number of carbonyl (C=O) groups excluding carboxylic acids is 1. The predicted molar refractivity (Wildman–Crippen MR) is 80.8 cm³/mol. The molecule has 1 heterocycles. The number of rotatable bonds is 4. The zero-order chi connectivity index (χ0) is 15.3. The molecule has 1 atom stereocenters. The third kappa shape index (κ3) is 4.95. The Bertz CT molecular complexity index is 559. The van der Waals surface area contributed by atoms with Gasteiger partial charge in [-0.3, -0.25) is 5.10 Å². The van der Waals surface area contributed by atoms with Crippen LogP contribution in [0.15, 0.2) is 42.6 Å². The lowest BCUT2D eigenvalue weighted by molar-refractivity contribution is 0.0502. The van der Waals surface area contributed by atoms with Gasteiger partial charge in [0.2, 0.25) is 0 Å². The van der Waals surface area contributed by atoms with Crippen LogP contribution in [0.5, 0.6) is 0 Å². The van der Waals surface area contributed by atoms with Gasteiger partial charge in [0.25, 0.3) is 0 Å². The lowest BCUT2D eigenvalue weighted by atomic mass is 10.0. The summed E-state index contributed by atoms with van der Waals surface area (Å²) < 4.78 is 5.32. The number of aromatic nitrogens is 2. The average Bonchev–Trinajstić information content (AvgIpc) is 2.90. The summed E-state index contributed by atoms with van der Waals surface area (Å²) in [6.07, 6.45) is 1.91. The van der Waals surface area contributed by atoms with E-state index in [1.54, 1.807) is 6.20 Å². The molecular weight excluding hydrogens is 266 g/mol. The van der Waals surface area contributed by atoms with Crippen molar-refractivity contribution in [3.63, 3.8) is 0 Å². The number of carbonyl (C=O) groups is 1. The Balaban J connectivity index is 2.08. The van der Waals surface area contributed by atoms with Crippen LogP contribution in [0.4, 0.5) is 4.79 Å². The fraction of sp³-hybridized carbons (Fsp3) is 0.375. The van der Waals surface area contributed by atoms with Crippen molar-refractivity contribution in [3.05, 3.63) is 53.9 Å². The molecule has 5 heteroatoms. The molecule has 0 fully saturated rings. The van der Waals surface area contributed by atoms with E-state index in [1.807, 2.05) is 57.2 Å². The van der Waals surface area contributed by atoms with Crippen LogP contribution in [0.2, 0.25) is 0 Å². The third-order valence-electron chi connectivity index (χ3n) is 2.87. The molecule has 5 nitrogen and oxygen atoms in total. The van der Waals surface area contributed by atoms with E-state index in [9.17, 15) is 4.79 Å². The lowest BCUT2D eigenvalue weighted by Crippen LogP contribution is -2.36. The molecule has 21 heavy (non-hydrogen) atoms. The van der Waals surface area contributed by atoms with Crippen molar-refractivity contribution in [2.45, 2.75) is 38.8 Å². The zero-order valence-electron chi connectivity index (χ0n) is 12.6. The van der Waals surface area contributed by atoms with Gasteiger partial charge in [-0.15, -0.1) is 0 Å². The molecule has 112 valence electrons. The molecule has 0 saturated heterocycles. The van der Waals surface area contributed by atoms with Crippen molar-refractivity contribution in [2.75, 3.05) is 0 Å². The number of nitrogens with zero attached hydrogens (tertiary/aromatic N) is 1. The number of ether oxygens (including phenoxy) is 1. The molecule has 0 radical (unpaired) electrons. The van der Waals surface area contributed by atoms with Crippen LogP contribution in [-0.4, -0.2) is 21.9 Å². The zero-order valence-corrected chi connectivity index (χ0v) is 12.6. The lowest BCUT2D eigenvalue weighted by Gasteiger charge is -2.23. The van der Waals surface area contributed by atoms with Crippen molar-refractivity contribution in [1.29, 1.82) is 0 Å². The Morgan fingerprint density at radius 1 is 1.29 bits per heavy atom. The van der Waals surface area contributed by atoms with E-state index in [0.717, 1.165) is 11.3 Å². The summed E-state index contributed by atoms with van der Waals surface area (Å²) in [6, 6.07) is 11.6. The molecule has 2 N–H and O–H groups in total. The first-order chi connectivity index (χ1) is 9.94. The number of hydrogen-bond acceptors (Lipinski definition) is 3. The van der Waals surface area contributed by atoms with E-state index < -0.39 is 11.7 Å². The first kappa shape index (κ1) is 15.1. The van der Waals surface area contributed by atoms with Gasteiger partial charge in [-0.1, -0.05) is 30.3 Å². The van der Waals surface area contributed by atoms with Gasteiger partial charge in [-0.05, 0) is 38.8 Å². The molecule has 0 saturated carbocycles. The van der Waals surface area contributed by atoms with Crippen LogP contribution in [0.25, 0.3) is 0 Å². The van der Waals surface area contributed by atoms with Crippen LogP contribution in [-0.2, 0) is 11.2 Å². The molecular formula is C16H21N3O2. The topological polar surface area (TPSA) is 67.0 Å². The second kappa shape index (κ2) is 6.43. The van der Waals surface area contributed by atoms with Crippen LogP contribution in [0.1, 0.15) is 38.1 Å². The maximum absolute atomic E-state index is 12.0. The number of amides is 1. The number of nitrogens with one attached hydrogen (secondary N) is 2. The summed E-state index contributed by atoms with van der Waals surface area (Å²) in [5, 5.41) is 9.75. The number of hydrogen-bond donors (Lipinski definition) is 2. The van der Waals surface area contributed by atoms with Gasteiger partial charge < -0.3 is 10.1 Å². The molecule has 2 aromatic rings. The quantitative estimate of drug-likeness (QED) is 0.907. The number of H-pyrrole nitrogens is 1. The van der Waals surface area contributed by atoms with E-state index in [1.165, 1.54) is 0 Å². The van der Waals surface area contributed by atoms with E-state index in [2.05, 4.69) is 15.5 Å². The molecule has 1 amide bonds. The van der Waals surface area contributed by atoms with Gasteiger partial charge in [0.1, 0.15) is 5.60 Å². The van der Waals surface area contributed by atoms with Crippen molar-refractivity contribution in [2.24, 2.45) is 0 Å². The second-order valence-corrected chi connectivity index (χ2v) is 5.90. The predicted octanol–water partition coefficient (Wildman–Crippen LogP) is 3.22. The maximum Gasteiger partial charge on any atom is 0.408 e. The number of aromatic amines is 1. The summed E-state index contributed by atoms with van der Waals surface area (Å²) in [6.45, 7) is 5.53. The summed E-state index contributed by atoms with van der Waals surface area (Å²) in [7, 11) is 0. The van der Waals surface area contributed by atoms with Crippen molar-refractivity contribution in [1.82, 2.24) is 15.5 Å². The molecule has 0 aliphatic heterocycles. The SMILES string of the molecule is CC(C)(C)OC(=O)N[C@@H](Cc1ccccc1)c1ccn[nH]1. The van der Waals surface area contributed by atoms with Gasteiger partial charge in [0.15, 0.2) is 0 Å². The van der Waals surface area contributed by atoms with Crippen LogP contribution >= 0.6 is 0 Å². The summed E-state index contributed by atoms with van der Waals surface area (Å²) in [5.41, 5.74) is 1.47. The van der Waals surface area contributed by atoms with E-state index in [-0.39, 0.29) is 6.04 Å². The van der Waals surface area contributed by atoms with E-state index >= 15 is 0 Å². The summed E-state index contributed by atoms with van der Waals surface area (Å²) >= 11 is 0. The molecule has 2 rings (SSSR count). The van der Waals surface area contributed by atoms with Gasteiger partial charge in [0, 0.05) is 6.20 Å². The highest BCUT2D eigenvalue weighted by Crippen LogP contribution is 2.17. The largest absolute Gasteiger partial charge is 0.444 e. The first-order valence-corrected chi connectivity index (χ1v) is 6.97. The Kier molecular flexibility index (Phi) is 4.62. The van der Waals surface area contributed by atoms with Crippen LogP contribution < -0.4 is 5.32 Å². The average molecular weight is 287 g/mol. The fourth-order valence-electron chi connectivity index (χ4n) is 2.00. The van der Waals surface area contributed by atoms with Gasteiger partial charge in [-0.2, -0.15) is 5.10 Å². The third-order valence-corrected chi connectivity index (χ3v) is 2.87. The summed E-state index contributed by atoms with van der Waals surface area (Å²) in [4.78, 5) is 12.0. The van der Waals surface area contributed by atoms with Crippen molar-refractivity contribution in [3.8, 4) is 0 Å². The fourth-order valence-corrected chi connectivity index (χ4v) is 2.00. The second-order valence-electron chi connectivity index (χ2n) is 5.90. The highest BCUT2D eigenvalue weighted by molar-refractivity contribution is 5.68. The van der Waals surface area contributed by atoms with Gasteiger partial charge in [-0.25, -0.2) is 4.79 Å². The Labute approximate surface area is 124 Å². The first-order valence-electron chi connectivity index (χ1n) is 6.97. The number of benzene rings is 1. The van der Waals surface area contributed by atoms with E-state index in [0.29, 0.717) is 6.42 Å². The highest BCUT2D eigenvalue weighted by Gasteiger charge is 2.21. The minimum Gasteiger partial charge on any atom is -0.444 e. The van der Waals surface area contributed by atoms with Gasteiger partial charge in [0.05, 0.1) is 11.7 Å². The molecule has 0 bridgehead atoms. The number of alkyl carbamates (subject to hydrolysis) is 1. The Morgan fingerprint density at radius 2 is 2.00 bits per heavy atom. The Hall–Kier alpha value is -2.30. The molecule has 0 spiro atoms. The minimum atomic E-state index is -0.518. The van der Waals surface area contributed by atoms with Crippen molar-refractivity contribution < 1.29 is 9.53 Å².